The van der Waals surface area contributed by atoms with Gasteiger partial charge in [-0.25, -0.2) is 0 Å². The highest BCUT2D eigenvalue weighted by Crippen LogP contribution is 2.30. The number of nitrogens with one attached hydrogen (secondary N) is 2. The smallest absolute Gasteiger partial charge is 0.225 e. The SMILES string of the molecule is CC1CNCC1C(=O)NCc1cc2c(s1)CCC2. The van der Waals surface area contributed by atoms with Crippen molar-refractivity contribution >= 4 is 17.2 Å². The first kappa shape index (κ1) is 12.2. The second-order valence-corrected chi connectivity index (χ2v) is 6.70. The van der Waals surface area contributed by atoms with E-state index in [1.54, 1.807) is 0 Å². The average molecular weight is 264 g/mol. The minimum Gasteiger partial charge on any atom is -0.351 e. The van der Waals surface area contributed by atoms with Crippen molar-refractivity contribution < 1.29 is 4.79 Å². The Morgan fingerprint density at radius 3 is 3.11 bits per heavy atom. The first-order chi connectivity index (χ1) is 8.74. The highest BCUT2D eigenvalue weighted by Gasteiger charge is 2.29. The Hall–Kier alpha value is -0.870. The van der Waals surface area contributed by atoms with E-state index in [1.165, 1.54) is 34.6 Å². The average Bonchev–Trinajstić information content (AvgIpc) is 3.00. The first-order valence-corrected chi connectivity index (χ1v) is 7.64. The van der Waals surface area contributed by atoms with Gasteiger partial charge in [0.1, 0.15) is 0 Å². The number of carbonyl (C=O) groups excluding carboxylic acids is 1. The number of carbonyl (C=O) groups is 1. The Bertz CT molecular complexity index is 433. The maximum atomic E-state index is 12.1. The summed E-state index contributed by atoms with van der Waals surface area (Å²) in [4.78, 5) is 14.9. The van der Waals surface area contributed by atoms with Gasteiger partial charge in [-0.15, -0.1) is 11.3 Å². The fraction of sp³-hybridized carbons (Fsp3) is 0.643. The van der Waals surface area contributed by atoms with Crippen LogP contribution in [0.1, 0.15) is 28.7 Å². The van der Waals surface area contributed by atoms with E-state index >= 15 is 0 Å². The molecule has 4 heteroatoms. The number of thiophene rings is 1. The molecule has 3 nitrogen and oxygen atoms in total. The number of hydrogen-bond acceptors (Lipinski definition) is 3. The van der Waals surface area contributed by atoms with Crippen LogP contribution in [0.5, 0.6) is 0 Å². The Balaban J connectivity index is 1.55. The van der Waals surface area contributed by atoms with Crippen LogP contribution in [0.3, 0.4) is 0 Å². The van der Waals surface area contributed by atoms with E-state index in [9.17, 15) is 4.79 Å². The van der Waals surface area contributed by atoms with E-state index in [0.717, 1.165) is 13.1 Å². The molecule has 1 aliphatic heterocycles. The van der Waals surface area contributed by atoms with Crippen LogP contribution in [-0.4, -0.2) is 19.0 Å². The number of rotatable bonds is 3. The second kappa shape index (κ2) is 5.02. The Morgan fingerprint density at radius 2 is 2.39 bits per heavy atom. The Morgan fingerprint density at radius 1 is 1.50 bits per heavy atom. The van der Waals surface area contributed by atoms with Gasteiger partial charge < -0.3 is 10.6 Å². The monoisotopic (exact) mass is 264 g/mol. The van der Waals surface area contributed by atoms with Gasteiger partial charge in [0.25, 0.3) is 0 Å². The summed E-state index contributed by atoms with van der Waals surface area (Å²) in [7, 11) is 0. The van der Waals surface area contributed by atoms with Gasteiger partial charge in [0.05, 0.1) is 12.5 Å². The number of hydrogen-bond donors (Lipinski definition) is 2. The molecule has 1 amide bonds. The second-order valence-electron chi connectivity index (χ2n) is 5.47. The lowest BCUT2D eigenvalue weighted by atomic mass is 9.97. The normalized spacial score (nSPS) is 26.3. The summed E-state index contributed by atoms with van der Waals surface area (Å²) in [5.41, 5.74) is 1.51. The zero-order chi connectivity index (χ0) is 12.5. The van der Waals surface area contributed by atoms with Gasteiger partial charge in [0.2, 0.25) is 5.91 Å². The van der Waals surface area contributed by atoms with Crippen LogP contribution < -0.4 is 10.6 Å². The predicted molar refractivity (Wildman–Crippen MR) is 73.7 cm³/mol. The van der Waals surface area contributed by atoms with Gasteiger partial charge in [0.15, 0.2) is 0 Å². The lowest BCUT2D eigenvalue weighted by Gasteiger charge is -2.13. The third-order valence-electron chi connectivity index (χ3n) is 4.09. The summed E-state index contributed by atoms with van der Waals surface area (Å²) < 4.78 is 0. The summed E-state index contributed by atoms with van der Waals surface area (Å²) in [5.74, 6) is 0.816. The predicted octanol–water partition coefficient (Wildman–Crippen LogP) is 1.71. The van der Waals surface area contributed by atoms with Gasteiger partial charge in [-0.05, 0) is 43.4 Å². The third kappa shape index (κ3) is 2.31. The van der Waals surface area contributed by atoms with Crippen molar-refractivity contribution in [3.8, 4) is 0 Å². The quantitative estimate of drug-likeness (QED) is 0.872. The van der Waals surface area contributed by atoms with Crippen LogP contribution in [0.4, 0.5) is 0 Å². The van der Waals surface area contributed by atoms with E-state index in [-0.39, 0.29) is 11.8 Å². The maximum absolute atomic E-state index is 12.1. The molecule has 0 aromatic carbocycles. The van der Waals surface area contributed by atoms with Crippen molar-refractivity contribution in [3.63, 3.8) is 0 Å². The number of fused-ring (bicyclic) bond motifs is 1. The molecule has 2 heterocycles. The van der Waals surface area contributed by atoms with Gasteiger partial charge in [-0.2, -0.15) is 0 Å². The molecule has 2 aliphatic rings. The van der Waals surface area contributed by atoms with Crippen molar-refractivity contribution in [2.24, 2.45) is 11.8 Å². The van der Waals surface area contributed by atoms with E-state index in [0.29, 0.717) is 12.5 Å². The molecule has 98 valence electrons. The van der Waals surface area contributed by atoms with Crippen molar-refractivity contribution in [3.05, 3.63) is 21.4 Å². The summed E-state index contributed by atoms with van der Waals surface area (Å²) in [5, 5.41) is 6.37. The topological polar surface area (TPSA) is 41.1 Å². The molecule has 2 unspecified atom stereocenters. The van der Waals surface area contributed by atoms with E-state index in [4.69, 9.17) is 0 Å². The fourth-order valence-electron chi connectivity index (χ4n) is 2.94. The minimum atomic E-state index is 0.150. The minimum absolute atomic E-state index is 0.150. The van der Waals surface area contributed by atoms with Gasteiger partial charge in [0, 0.05) is 16.3 Å². The van der Waals surface area contributed by atoms with E-state index < -0.39 is 0 Å². The van der Waals surface area contributed by atoms with Crippen molar-refractivity contribution in [1.82, 2.24) is 10.6 Å². The Labute approximate surface area is 112 Å². The van der Waals surface area contributed by atoms with Gasteiger partial charge in [-0.1, -0.05) is 6.92 Å². The van der Waals surface area contributed by atoms with Crippen molar-refractivity contribution in [2.75, 3.05) is 13.1 Å². The summed E-state index contributed by atoms with van der Waals surface area (Å²) >= 11 is 1.88. The van der Waals surface area contributed by atoms with E-state index in [1.807, 2.05) is 11.3 Å². The molecule has 0 saturated carbocycles. The molecule has 1 aliphatic carbocycles. The maximum Gasteiger partial charge on any atom is 0.225 e. The zero-order valence-electron chi connectivity index (χ0n) is 10.8. The summed E-state index contributed by atoms with van der Waals surface area (Å²) in [6.07, 6.45) is 3.76. The standard InChI is InChI=1S/C14H20N2OS/c1-9-6-15-8-12(9)14(17)16-7-11-5-10-3-2-4-13(10)18-11/h5,9,12,15H,2-4,6-8H2,1H3,(H,16,17). The van der Waals surface area contributed by atoms with E-state index in [2.05, 4.69) is 23.6 Å². The molecular formula is C14H20N2OS. The van der Waals surface area contributed by atoms with Gasteiger partial charge >= 0.3 is 0 Å². The van der Waals surface area contributed by atoms with Crippen LogP contribution in [-0.2, 0) is 24.2 Å². The Kier molecular flexibility index (Phi) is 3.39. The first-order valence-electron chi connectivity index (χ1n) is 6.83. The molecule has 1 saturated heterocycles. The molecule has 0 spiro atoms. The zero-order valence-corrected chi connectivity index (χ0v) is 11.6. The third-order valence-corrected chi connectivity index (χ3v) is 5.33. The van der Waals surface area contributed by atoms with Crippen LogP contribution in [0.25, 0.3) is 0 Å². The molecular weight excluding hydrogens is 244 g/mol. The van der Waals surface area contributed by atoms with Crippen molar-refractivity contribution in [1.29, 1.82) is 0 Å². The molecule has 2 atom stereocenters. The molecule has 18 heavy (non-hydrogen) atoms. The summed E-state index contributed by atoms with van der Waals surface area (Å²) in [6, 6.07) is 2.28. The molecule has 1 aromatic heterocycles. The highest BCUT2D eigenvalue weighted by molar-refractivity contribution is 7.12. The fourth-order valence-corrected chi connectivity index (χ4v) is 4.14. The number of amides is 1. The lowest BCUT2D eigenvalue weighted by Crippen LogP contribution is -2.33. The van der Waals surface area contributed by atoms with Crippen LogP contribution >= 0.6 is 11.3 Å². The molecule has 3 rings (SSSR count). The molecule has 1 fully saturated rings. The molecule has 2 N–H and O–H groups in total. The molecule has 0 radical (unpaired) electrons. The van der Waals surface area contributed by atoms with Gasteiger partial charge in [-0.3, -0.25) is 4.79 Å². The van der Waals surface area contributed by atoms with Crippen molar-refractivity contribution in [2.45, 2.75) is 32.7 Å². The lowest BCUT2D eigenvalue weighted by molar-refractivity contribution is -0.125. The summed E-state index contributed by atoms with van der Waals surface area (Å²) in [6.45, 7) is 4.64. The van der Waals surface area contributed by atoms with Crippen LogP contribution in [0.2, 0.25) is 0 Å². The molecule has 1 aromatic rings. The number of aryl methyl sites for hydroxylation is 2. The highest BCUT2D eigenvalue weighted by atomic mass is 32.1. The van der Waals surface area contributed by atoms with Crippen LogP contribution in [0, 0.1) is 11.8 Å². The largest absolute Gasteiger partial charge is 0.351 e. The molecule has 0 bridgehead atoms. The van der Waals surface area contributed by atoms with Crippen LogP contribution in [0.15, 0.2) is 6.07 Å².